The van der Waals surface area contributed by atoms with E-state index in [2.05, 4.69) is 9.84 Å². The largest absolute Gasteiger partial charge is 0.573 e. The number of nitrogens with zero attached hydrogens (tertiary/aromatic N) is 2. The third kappa shape index (κ3) is 2.66. The van der Waals surface area contributed by atoms with E-state index in [0.29, 0.717) is 17.8 Å². The van der Waals surface area contributed by atoms with Gasteiger partial charge in [-0.15, -0.1) is 13.2 Å². The highest BCUT2D eigenvalue weighted by Gasteiger charge is 2.34. The van der Waals surface area contributed by atoms with Gasteiger partial charge >= 0.3 is 6.36 Å². The lowest BCUT2D eigenvalue weighted by Gasteiger charge is -2.25. The highest BCUT2D eigenvalue weighted by atomic mass is 19.4. The number of nitrogens with two attached hydrogens (primary N) is 1. The Labute approximate surface area is 125 Å². The molecule has 2 N–H and O–H groups in total. The van der Waals surface area contributed by atoms with Crippen LogP contribution in [0.3, 0.4) is 0 Å². The fourth-order valence-electron chi connectivity index (χ4n) is 2.72. The highest BCUT2D eigenvalue weighted by molar-refractivity contribution is 6.01. The van der Waals surface area contributed by atoms with Gasteiger partial charge in [0.05, 0.1) is 6.04 Å². The molecule has 0 fully saturated rings. The molecule has 1 aliphatic carbocycles. The summed E-state index contributed by atoms with van der Waals surface area (Å²) in [6, 6.07) is 6.07. The van der Waals surface area contributed by atoms with Crippen molar-refractivity contribution in [2.75, 3.05) is 7.05 Å². The molecule has 7 heteroatoms. The maximum atomic E-state index is 12.5. The van der Waals surface area contributed by atoms with E-state index >= 15 is 0 Å². The molecule has 4 nitrogen and oxygen atoms in total. The van der Waals surface area contributed by atoms with Gasteiger partial charge in [-0.25, -0.2) is 0 Å². The van der Waals surface area contributed by atoms with E-state index in [1.165, 1.54) is 12.1 Å². The Bertz CT molecular complexity index is 692. The summed E-state index contributed by atoms with van der Waals surface area (Å²) < 4.78 is 41.7. The number of hydrazone groups is 1. The summed E-state index contributed by atoms with van der Waals surface area (Å²) >= 11 is 0. The minimum atomic E-state index is -4.72. The molecule has 0 radical (unpaired) electrons. The molecule has 22 heavy (non-hydrogen) atoms. The summed E-state index contributed by atoms with van der Waals surface area (Å²) in [5.74, 6) is 0.246. The Balaban J connectivity index is 1.95. The molecule has 3 rings (SSSR count). The molecule has 0 aromatic heterocycles. The molecule has 1 aliphatic heterocycles. The van der Waals surface area contributed by atoms with Crippen LogP contribution in [-0.4, -0.2) is 30.3 Å². The van der Waals surface area contributed by atoms with Gasteiger partial charge in [-0.2, -0.15) is 5.10 Å². The van der Waals surface area contributed by atoms with Crippen LogP contribution in [0.2, 0.25) is 0 Å². The summed E-state index contributed by atoms with van der Waals surface area (Å²) in [7, 11) is 1.79. The molecule has 1 atom stereocenters. The molecular formula is C15H14F3N3O. The molecule has 0 bridgehead atoms. The van der Waals surface area contributed by atoms with Crippen LogP contribution in [0.4, 0.5) is 13.2 Å². The van der Waals surface area contributed by atoms with Crippen molar-refractivity contribution in [3.8, 4) is 5.75 Å². The molecular weight excluding hydrogens is 295 g/mol. The van der Waals surface area contributed by atoms with E-state index in [0.717, 1.165) is 11.1 Å². The predicted molar refractivity (Wildman–Crippen MR) is 77.0 cm³/mol. The van der Waals surface area contributed by atoms with Gasteiger partial charge in [0.1, 0.15) is 11.6 Å². The lowest BCUT2D eigenvalue weighted by Crippen LogP contribution is -2.27. The first kappa shape index (κ1) is 14.5. The van der Waals surface area contributed by atoms with Crippen molar-refractivity contribution < 1.29 is 17.9 Å². The fraction of sp³-hybridized carbons (Fsp3) is 0.267. The maximum absolute atomic E-state index is 12.5. The molecule has 2 aliphatic rings. The minimum absolute atomic E-state index is 0.0565. The number of alkyl halides is 3. The highest BCUT2D eigenvalue weighted by Crippen LogP contribution is 2.37. The van der Waals surface area contributed by atoms with E-state index in [4.69, 9.17) is 5.73 Å². The van der Waals surface area contributed by atoms with Gasteiger partial charge in [0.2, 0.25) is 0 Å². The maximum Gasteiger partial charge on any atom is 0.573 e. The van der Waals surface area contributed by atoms with Crippen molar-refractivity contribution >= 4 is 11.4 Å². The number of fused-ring (bicyclic) bond motifs is 1. The first-order chi connectivity index (χ1) is 10.3. The Kier molecular flexibility index (Phi) is 3.35. The van der Waals surface area contributed by atoms with Crippen molar-refractivity contribution in [3.63, 3.8) is 0 Å². The van der Waals surface area contributed by atoms with Crippen LogP contribution in [0, 0.1) is 0 Å². The SMILES string of the molecule is CN1N=C(N)C2=CC=C(c3ccccc3OC(F)(F)F)CC21. The molecule has 1 aromatic carbocycles. The smallest absolute Gasteiger partial charge is 0.405 e. The second kappa shape index (κ2) is 5.08. The zero-order valence-corrected chi connectivity index (χ0v) is 11.8. The molecule has 0 saturated carbocycles. The fourth-order valence-corrected chi connectivity index (χ4v) is 2.72. The van der Waals surface area contributed by atoms with Gasteiger partial charge in [-0.3, -0.25) is 5.01 Å². The van der Waals surface area contributed by atoms with Crippen LogP contribution >= 0.6 is 0 Å². The third-order valence-corrected chi connectivity index (χ3v) is 3.71. The number of likely N-dealkylation sites (N-methyl/N-ethyl adjacent to an activating group) is 1. The number of benzene rings is 1. The average Bonchev–Trinajstić information content (AvgIpc) is 2.72. The minimum Gasteiger partial charge on any atom is -0.405 e. The number of hydrogen-bond donors (Lipinski definition) is 1. The Morgan fingerprint density at radius 1 is 1.27 bits per heavy atom. The van der Waals surface area contributed by atoms with Crippen molar-refractivity contribution in [2.45, 2.75) is 18.8 Å². The number of para-hydroxylation sites is 1. The number of halogens is 3. The van der Waals surface area contributed by atoms with Gasteiger partial charge in [0.15, 0.2) is 0 Å². The summed E-state index contributed by atoms with van der Waals surface area (Å²) in [4.78, 5) is 0. The summed E-state index contributed by atoms with van der Waals surface area (Å²) in [5.41, 5.74) is 7.88. The Morgan fingerprint density at radius 2 is 2.00 bits per heavy atom. The second-order valence-electron chi connectivity index (χ2n) is 5.14. The molecule has 0 spiro atoms. The van der Waals surface area contributed by atoms with Crippen molar-refractivity contribution in [3.05, 3.63) is 47.6 Å². The lowest BCUT2D eigenvalue weighted by molar-refractivity contribution is -0.274. The first-order valence-corrected chi connectivity index (χ1v) is 6.68. The first-order valence-electron chi connectivity index (χ1n) is 6.68. The van der Waals surface area contributed by atoms with Gasteiger partial charge in [-0.1, -0.05) is 30.4 Å². The monoisotopic (exact) mass is 309 g/mol. The number of amidine groups is 1. The third-order valence-electron chi connectivity index (χ3n) is 3.71. The topological polar surface area (TPSA) is 50.8 Å². The number of hydrogen-bond acceptors (Lipinski definition) is 4. The van der Waals surface area contributed by atoms with Crippen molar-refractivity contribution in [1.29, 1.82) is 0 Å². The number of allylic oxidation sites excluding steroid dienone is 2. The molecule has 0 amide bonds. The van der Waals surface area contributed by atoms with Gasteiger partial charge in [0.25, 0.3) is 0 Å². The van der Waals surface area contributed by atoms with Crippen LogP contribution in [0.15, 0.2) is 47.1 Å². The van der Waals surface area contributed by atoms with Crippen LogP contribution in [0.1, 0.15) is 12.0 Å². The van der Waals surface area contributed by atoms with E-state index in [1.54, 1.807) is 36.3 Å². The van der Waals surface area contributed by atoms with Crippen molar-refractivity contribution in [2.24, 2.45) is 10.8 Å². The van der Waals surface area contributed by atoms with Gasteiger partial charge < -0.3 is 10.5 Å². The Morgan fingerprint density at radius 3 is 2.73 bits per heavy atom. The zero-order chi connectivity index (χ0) is 15.9. The van der Waals surface area contributed by atoms with Crippen LogP contribution < -0.4 is 10.5 Å². The number of rotatable bonds is 2. The quantitative estimate of drug-likeness (QED) is 0.914. The standard InChI is InChI=1S/C15H14F3N3O/c1-21-12-8-9(6-7-11(12)14(19)20-21)10-4-2-3-5-13(10)22-15(16,17)18/h2-7,12H,8H2,1H3,(H2,19,20). The predicted octanol–water partition coefficient (Wildman–Crippen LogP) is 2.88. The zero-order valence-electron chi connectivity index (χ0n) is 11.8. The second-order valence-corrected chi connectivity index (χ2v) is 5.14. The number of ether oxygens (including phenoxy) is 1. The lowest BCUT2D eigenvalue weighted by atomic mass is 9.89. The van der Waals surface area contributed by atoms with E-state index in [9.17, 15) is 13.2 Å². The average molecular weight is 309 g/mol. The summed E-state index contributed by atoms with van der Waals surface area (Å²) in [6.07, 6.45) is -0.628. The van der Waals surface area contributed by atoms with E-state index < -0.39 is 6.36 Å². The molecule has 1 heterocycles. The summed E-state index contributed by atoms with van der Waals surface area (Å²) in [5, 5.41) is 5.88. The van der Waals surface area contributed by atoms with Gasteiger partial charge in [-0.05, 0) is 18.1 Å². The van der Waals surface area contributed by atoms with E-state index in [1.807, 2.05) is 0 Å². The van der Waals surface area contributed by atoms with Crippen molar-refractivity contribution in [1.82, 2.24) is 5.01 Å². The van der Waals surface area contributed by atoms with E-state index in [-0.39, 0.29) is 11.8 Å². The Hall–Kier alpha value is -2.44. The molecule has 116 valence electrons. The van der Waals surface area contributed by atoms with Crippen LogP contribution in [0.5, 0.6) is 5.75 Å². The molecule has 1 unspecified atom stereocenters. The normalized spacial score (nSPS) is 21.0. The molecule has 1 aromatic rings. The van der Waals surface area contributed by atoms with Gasteiger partial charge in [0, 0.05) is 18.2 Å². The molecule has 0 saturated heterocycles. The van der Waals surface area contributed by atoms with Crippen LogP contribution in [-0.2, 0) is 0 Å². The summed E-state index contributed by atoms with van der Waals surface area (Å²) in [6.45, 7) is 0. The van der Waals surface area contributed by atoms with Crippen LogP contribution in [0.25, 0.3) is 5.57 Å².